The van der Waals surface area contributed by atoms with Crippen molar-refractivity contribution in [3.8, 4) is 0 Å². The molecule has 0 aliphatic heterocycles. The van der Waals surface area contributed by atoms with Crippen molar-refractivity contribution < 1.29 is 122 Å². The van der Waals surface area contributed by atoms with Gasteiger partial charge in [-0.25, -0.2) is 0 Å². The summed E-state index contributed by atoms with van der Waals surface area (Å²) in [5.74, 6) is 0. The first-order valence-electron chi connectivity index (χ1n) is 2.00. The van der Waals surface area contributed by atoms with Crippen LogP contribution >= 0.6 is 0 Å². The Kier molecular flexibility index (Phi) is 27.9. The van der Waals surface area contributed by atoms with E-state index >= 15 is 0 Å². The number of hydrogen-bond acceptors (Lipinski definition) is 12. The summed E-state index contributed by atoms with van der Waals surface area (Å²) >= 11 is -18.1. The summed E-state index contributed by atoms with van der Waals surface area (Å²) in [5.41, 5.74) is 0. The summed E-state index contributed by atoms with van der Waals surface area (Å²) in [6.07, 6.45) is 0. The van der Waals surface area contributed by atoms with Gasteiger partial charge in [-0.1, -0.05) is 0 Å². The van der Waals surface area contributed by atoms with Gasteiger partial charge in [-0.05, 0) is 0 Å². The van der Waals surface area contributed by atoms with Gasteiger partial charge in [0.15, 0.2) is 0 Å². The van der Waals surface area contributed by atoms with Crippen molar-refractivity contribution in [1.29, 1.82) is 0 Å². The topological polar surface area (TPSA) is 241 Å². The van der Waals surface area contributed by atoms with E-state index in [2.05, 4.69) is 0 Å². The van der Waals surface area contributed by atoms with E-state index in [-0.39, 0.29) is 82.6 Å². The van der Waals surface area contributed by atoms with Gasteiger partial charge in [0.05, 0.1) is 0 Å². The second-order valence-corrected chi connectivity index (χ2v) is 8.22. The fourth-order valence-corrected chi connectivity index (χ4v) is 0. The van der Waals surface area contributed by atoms with Gasteiger partial charge in [0.1, 0.15) is 0 Å². The molecule has 0 bridgehead atoms. The summed E-state index contributed by atoms with van der Waals surface area (Å²) < 4.78 is 104. The molecular weight excluding hydrogens is 857 g/mol. The largest absolute Gasteiger partial charge is 3.00 e. The van der Waals surface area contributed by atoms with E-state index in [0.29, 0.717) is 0 Å². The van der Waals surface area contributed by atoms with E-state index < -0.39 is 56.9 Å². The summed E-state index contributed by atoms with van der Waals surface area (Å²) in [6, 6.07) is 0. The van der Waals surface area contributed by atoms with Gasteiger partial charge >= 0.3 is 179 Å². The van der Waals surface area contributed by atoms with Crippen LogP contribution in [0.4, 0.5) is 0 Å². The summed E-state index contributed by atoms with van der Waals surface area (Å²) in [5, 5.41) is 0. The van der Waals surface area contributed by atoms with Gasteiger partial charge in [-0.3, -0.25) is 0 Å². The van der Waals surface area contributed by atoms with Crippen LogP contribution in [0.2, 0.25) is 0 Å². The normalized spacial score (nSPS) is 10.2. The van der Waals surface area contributed by atoms with Crippen LogP contribution in [0.5, 0.6) is 0 Å². The van der Waals surface area contributed by atoms with Crippen molar-refractivity contribution in [2.24, 2.45) is 0 Å². The van der Waals surface area contributed by atoms with E-state index in [9.17, 15) is 0 Å². The van der Waals surface area contributed by atoms with Crippen molar-refractivity contribution in [3.63, 3.8) is 0 Å². The van der Waals surface area contributed by atoms with Crippen LogP contribution in [0.1, 0.15) is 0 Å². The Bertz CT molecular complexity index is 341. The molecular formula is O12Pr2Te3. The van der Waals surface area contributed by atoms with Crippen molar-refractivity contribution >= 4 is 56.9 Å². The van der Waals surface area contributed by atoms with Gasteiger partial charge in [-0.2, -0.15) is 0 Å². The average Bonchev–Trinajstić information content (AvgIpc) is 1.41. The molecule has 96 valence electrons. The van der Waals surface area contributed by atoms with Crippen LogP contribution in [-0.2, 0) is 18.6 Å². The molecule has 17 heavy (non-hydrogen) atoms. The molecule has 0 N–H and O–H groups in total. The van der Waals surface area contributed by atoms with Crippen LogP contribution in [0.15, 0.2) is 0 Å². The smallest absolute Gasteiger partial charge is 3.00 e. The molecule has 0 saturated carbocycles. The quantitative estimate of drug-likeness (QED) is 0.207. The molecule has 0 aromatic heterocycles. The van der Waals surface area contributed by atoms with Crippen molar-refractivity contribution in [2.45, 2.75) is 0 Å². The van der Waals surface area contributed by atoms with E-state index in [1.165, 1.54) is 0 Å². The second-order valence-electron chi connectivity index (χ2n) is 1.22. The molecule has 0 aromatic carbocycles. The summed E-state index contributed by atoms with van der Waals surface area (Å²) in [6.45, 7) is 0. The zero-order valence-corrected chi connectivity index (χ0v) is 21.7. The number of hydrogen-bond donors (Lipinski definition) is 0. The SMILES string of the molecule is O=[Te](=O)([O-])[O-].O=[Te](=O)([O-])[O-].O=[Te](=O)([O-])[O-].[Pr+3].[Pr+3]. The molecule has 0 unspecified atom stereocenters. The Morgan fingerprint density at radius 3 is 0.412 bits per heavy atom. The third-order valence-corrected chi connectivity index (χ3v) is 0. The van der Waals surface area contributed by atoms with E-state index in [1.54, 1.807) is 0 Å². The molecule has 0 saturated heterocycles. The molecule has 0 rings (SSSR count). The van der Waals surface area contributed by atoms with Crippen LogP contribution in [-0.4, -0.2) is 56.9 Å². The number of rotatable bonds is 0. The second kappa shape index (κ2) is 14.6. The monoisotopic (exact) mass is 863 g/mol. The first kappa shape index (κ1) is 32.6. The van der Waals surface area contributed by atoms with Crippen LogP contribution in [0, 0.1) is 82.6 Å². The minimum atomic E-state index is -6.02. The van der Waals surface area contributed by atoms with Crippen LogP contribution in [0.3, 0.4) is 0 Å². The average molecular weight is 857 g/mol. The molecule has 12 nitrogen and oxygen atoms in total. The minimum Gasteiger partial charge on any atom is 3.00 e. The Hall–Kier alpha value is 3.66. The fraction of sp³-hybridized carbons (Fsp3) is 0. The molecule has 0 aliphatic carbocycles. The third-order valence-electron chi connectivity index (χ3n) is 0. The Labute approximate surface area is 174 Å². The minimum absolute atomic E-state index is 0. The molecule has 0 heterocycles. The molecule has 0 spiro atoms. The molecule has 0 aliphatic rings. The maximum atomic E-state index is 8.63. The molecule has 17 heteroatoms. The van der Waals surface area contributed by atoms with Gasteiger partial charge < -0.3 is 0 Å². The zero-order chi connectivity index (χ0) is 13.5. The zero-order valence-electron chi connectivity index (χ0n) is 7.28. The van der Waals surface area contributed by atoms with Crippen LogP contribution < -0.4 is 20.8 Å². The van der Waals surface area contributed by atoms with E-state index in [4.69, 9.17) is 39.5 Å². The van der Waals surface area contributed by atoms with Gasteiger partial charge in [0.25, 0.3) is 0 Å². The maximum absolute atomic E-state index is 8.63. The Morgan fingerprint density at radius 1 is 0.412 bits per heavy atom. The Morgan fingerprint density at radius 2 is 0.412 bits per heavy atom. The van der Waals surface area contributed by atoms with E-state index in [1.807, 2.05) is 0 Å². The first-order chi connectivity index (χ1) is 6.00. The molecule has 0 aromatic rings. The summed E-state index contributed by atoms with van der Waals surface area (Å²) in [7, 11) is 0. The van der Waals surface area contributed by atoms with Gasteiger partial charge in [0.2, 0.25) is 0 Å². The fourth-order valence-electron chi connectivity index (χ4n) is 0. The molecule has 0 atom stereocenters. The third kappa shape index (κ3) is 458. The van der Waals surface area contributed by atoms with Crippen molar-refractivity contribution in [1.82, 2.24) is 0 Å². The van der Waals surface area contributed by atoms with Gasteiger partial charge in [-0.15, -0.1) is 0 Å². The van der Waals surface area contributed by atoms with E-state index in [0.717, 1.165) is 0 Å². The van der Waals surface area contributed by atoms with Gasteiger partial charge in [0, 0.05) is 0 Å². The predicted octanol–water partition coefficient (Wildman–Crippen LogP) is -8.99. The van der Waals surface area contributed by atoms with Crippen molar-refractivity contribution in [3.05, 3.63) is 0 Å². The predicted molar refractivity (Wildman–Crippen MR) is 21.4 cm³/mol. The molecule has 0 amide bonds. The standard InChI is InChI=1S/3H2O4Te.2Pr/c3*1-5(2,3)4;;/h3*(H2,1,2,3,4);;/q;;;2*+3/p-6. The molecule has 0 fully saturated rings. The van der Waals surface area contributed by atoms with Crippen LogP contribution in [0.25, 0.3) is 0 Å². The Balaban J connectivity index is -0.0000000400. The molecule has 0 radical (unpaired) electrons. The summed E-state index contributed by atoms with van der Waals surface area (Å²) in [4.78, 5) is 0. The maximum Gasteiger partial charge on any atom is 3.00 e. The van der Waals surface area contributed by atoms with Crippen molar-refractivity contribution in [2.75, 3.05) is 0 Å². The first-order valence-corrected chi connectivity index (χ1v) is 13.4.